The third-order valence-electron chi connectivity index (χ3n) is 6.85. The predicted molar refractivity (Wildman–Crippen MR) is 125 cm³/mol. The van der Waals surface area contributed by atoms with E-state index < -0.39 is 0 Å². The smallest absolute Gasteiger partial charge is 0.234 e. The first kappa shape index (κ1) is 21.8. The second-order valence-electron chi connectivity index (χ2n) is 9.31. The summed E-state index contributed by atoms with van der Waals surface area (Å²) in [7, 11) is 0. The summed E-state index contributed by atoms with van der Waals surface area (Å²) in [6.07, 6.45) is 7.83. The van der Waals surface area contributed by atoms with E-state index in [2.05, 4.69) is 45.9 Å². The molecule has 5 nitrogen and oxygen atoms in total. The van der Waals surface area contributed by atoms with E-state index in [1.54, 1.807) is 0 Å². The summed E-state index contributed by atoms with van der Waals surface area (Å²) in [6.45, 7) is 3.94. The third-order valence-corrected chi connectivity index (χ3v) is 6.85. The molecule has 0 spiro atoms. The maximum Gasteiger partial charge on any atom is 0.234 e. The van der Waals surface area contributed by atoms with E-state index in [1.165, 1.54) is 30.0 Å². The molecule has 2 aromatic rings. The Morgan fingerprint density at radius 2 is 1.77 bits per heavy atom. The van der Waals surface area contributed by atoms with Crippen LogP contribution in [0.15, 0.2) is 42.5 Å². The highest BCUT2D eigenvalue weighted by Gasteiger charge is 2.28. The Kier molecular flexibility index (Phi) is 7.23. The van der Waals surface area contributed by atoms with Crippen molar-refractivity contribution in [2.24, 2.45) is 5.92 Å². The number of fused-ring (bicyclic) bond motifs is 1. The van der Waals surface area contributed by atoms with Crippen LogP contribution in [0.25, 0.3) is 10.8 Å². The number of hydrogen-bond acceptors (Lipinski definition) is 3. The van der Waals surface area contributed by atoms with E-state index in [9.17, 15) is 9.59 Å². The topological polar surface area (TPSA) is 61.4 Å². The van der Waals surface area contributed by atoms with Gasteiger partial charge in [0, 0.05) is 12.6 Å². The molecule has 1 saturated heterocycles. The van der Waals surface area contributed by atoms with Crippen molar-refractivity contribution in [2.45, 2.75) is 64.0 Å². The van der Waals surface area contributed by atoms with Gasteiger partial charge in [0.25, 0.3) is 0 Å². The molecule has 1 heterocycles. The second kappa shape index (κ2) is 10.3. The first-order chi connectivity index (χ1) is 15.1. The Balaban J connectivity index is 1.27. The lowest BCUT2D eigenvalue weighted by Crippen LogP contribution is -2.48. The van der Waals surface area contributed by atoms with Crippen molar-refractivity contribution in [3.05, 3.63) is 48.0 Å². The lowest BCUT2D eigenvalue weighted by atomic mass is 9.93. The van der Waals surface area contributed by atoms with Crippen LogP contribution < -0.4 is 10.6 Å². The minimum atomic E-state index is -0.0488. The molecule has 2 amide bonds. The summed E-state index contributed by atoms with van der Waals surface area (Å²) in [5, 5.41) is 8.79. The van der Waals surface area contributed by atoms with Crippen molar-refractivity contribution in [1.82, 2.24) is 15.5 Å². The number of nitrogens with zero attached hydrogens (tertiary/aromatic N) is 1. The van der Waals surface area contributed by atoms with Crippen molar-refractivity contribution >= 4 is 22.6 Å². The first-order valence-corrected chi connectivity index (χ1v) is 11.9. The number of hydrogen-bond donors (Lipinski definition) is 2. The molecule has 1 aliphatic heterocycles. The molecule has 0 bridgehead atoms. The summed E-state index contributed by atoms with van der Waals surface area (Å²) in [4.78, 5) is 27.6. The van der Waals surface area contributed by atoms with Crippen molar-refractivity contribution < 1.29 is 9.59 Å². The minimum Gasteiger partial charge on any atom is -0.353 e. The highest BCUT2D eigenvalue weighted by Crippen LogP contribution is 2.22. The zero-order valence-corrected chi connectivity index (χ0v) is 18.6. The van der Waals surface area contributed by atoms with Crippen LogP contribution in [-0.4, -0.2) is 42.4 Å². The molecule has 2 unspecified atom stereocenters. The molecule has 31 heavy (non-hydrogen) atoms. The Labute approximate surface area is 185 Å². The second-order valence-corrected chi connectivity index (χ2v) is 9.31. The van der Waals surface area contributed by atoms with Gasteiger partial charge >= 0.3 is 0 Å². The Morgan fingerprint density at radius 1 is 1.00 bits per heavy atom. The number of piperidine rings is 1. The van der Waals surface area contributed by atoms with E-state index in [0.29, 0.717) is 19.1 Å². The van der Waals surface area contributed by atoms with Gasteiger partial charge in [-0.1, -0.05) is 55.7 Å². The summed E-state index contributed by atoms with van der Waals surface area (Å²) < 4.78 is 0. The van der Waals surface area contributed by atoms with Crippen LogP contribution in [0.2, 0.25) is 0 Å². The fourth-order valence-electron chi connectivity index (χ4n) is 5.03. The lowest BCUT2D eigenvalue weighted by Gasteiger charge is -2.33. The molecule has 2 aromatic carbocycles. The summed E-state index contributed by atoms with van der Waals surface area (Å²) in [5.74, 6) is 0.205. The Bertz CT molecular complexity index is 906. The van der Waals surface area contributed by atoms with Crippen LogP contribution in [0.3, 0.4) is 0 Å². The molecule has 2 aliphatic rings. The van der Waals surface area contributed by atoms with Gasteiger partial charge in [0.1, 0.15) is 0 Å². The monoisotopic (exact) mass is 421 g/mol. The van der Waals surface area contributed by atoms with Crippen LogP contribution in [0.4, 0.5) is 0 Å². The van der Waals surface area contributed by atoms with Crippen LogP contribution in [-0.2, 0) is 9.59 Å². The first-order valence-electron chi connectivity index (χ1n) is 11.9. The van der Waals surface area contributed by atoms with Crippen LogP contribution in [0.1, 0.15) is 63.5 Å². The molecule has 0 radical (unpaired) electrons. The molecule has 2 N–H and O–H groups in total. The Hall–Kier alpha value is -2.40. The van der Waals surface area contributed by atoms with Crippen LogP contribution >= 0.6 is 0 Å². The molecule has 2 fully saturated rings. The van der Waals surface area contributed by atoms with Gasteiger partial charge in [-0.25, -0.2) is 0 Å². The average Bonchev–Trinajstić information content (AvgIpc) is 2.79. The van der Waals surface area contributed by atoms with Crippen molar-refractivity contribution in [3.8, 4) is 0 Å². The van der Waals surface area contributed by atoms with Gasteiger partial charge in [0.15, 0.2) is 0 Å². The van der Waals surface area contributed by atoms with Gasteiger partial charge in [-0.05, 0) is 61.6 Å². The van der Waals surface area contributed by atoms with Crippen LogP contribution in [0, 0.1) is 5.92 Å². The lowest BCUT2D eigenvalue weighted by molar-refractivity contribution is -0.129. The number of carbonyl (C=O) groups excluding carboxylic acids is 2. The minimum absolute atomic E-state index is 0.00128. The van der Waals surface area contributed by atoms with Gasteiger partial charge < -0.3 is 10.6 Å². The normalized spacial score (nSPS) is 21.5. The highest BCUT2D eigenvalue weighted by molar-refractivity contribution is 5.84. The van der Waals surface area contributed by atoms with E-state index in [-0.39, 0.29) is 23.8 Å². The number of rotatable bonds is 6. The zero-order valence-electron chi connectivity index (χ0n) is 18.6. The number of benzene rings is 2. The maximum absolute atomic E-state index is 12.7. The summed E-state index contributed by atoms with van der Waals surface area (Å²) >= 11 is 0. The van der Waals surface area contributed by atoms with Crippen molar-refractivity contribution in [3.63, 3.8) is 0 Å². The van der Waals surface area contributed by atoms with Crippen LogP contribution in [0.5, 0.6) is 0 Å². The molecule has 1 aliphatic carbocycles. The molecule has 4 rings (SSSR count). The Morgan fingerprint density at radius 3 is 2.58 bits per heavy atom. The number of likely N-dealkylation sites (tertiary alicyclic amines) is 1. The van der Waals surface area contributed by atoms with E-state index in [1.807, 2.05) is 19.1 Å². The van der Waals surface area contributed by atoms with E-state index in [0.717, 1.165) is 37.8 Å². The largest absolute Gasteiger partial charge is 0.353 e. The van der Waals surface area contributed by atoms with Gasteiger partial charge in [0.2, 0.25) is 11.8 Å². The molecule has 0 aromatic heterocycles. The molecule has 5 heteroatoms. The summed E-state index contributed by atoms with van der Waals surface area (Å²) in [6, 6.07) is 14.9. The molecular weight excluding hydrogens is 386 g/mol. The number of amides is 2. The van der Waals surface area contributed by atoms with Gasteiger partial charge in [-0.3, -0.25) is 14.5 Å². The molecular formula is C26H35N3O2. The molecule has 2 atom stereocenters. The van der Waals surface area contributed by atoms with E-state index in [4.69, 9.17) is 0 Å². The number of nitrogens with one attached hydrogen (secondary N) is 2. The molecule has 1 saturated carbocycles. The fraction of sp³-hybridized carbons (Fsp3) is 0.538. The third kappa shape index (κ3) is 5.85. The van der Waals surface area contributed by atoms with Crippen molar-refractivity contribution in [2.75, 3.05) is 19.6 Å². The van der Waals surface area contributed by atoms with Gasteiger partial charge in [0.05, 0.1) is 18.5 Å². The highest BCUT2D eigenvalue weighted by atomic mass is 16.2. The van der Waals surface area contributed by atoms with Gasteiger partial charge in [-0.15, -0.1) is 0 Å². The van der Waals surface area contributed by atoms with E-state index >= 15 is 0 Å². The summed E-state index contributed by atoms with van der Waals surface area (Å²) in [5.41, 5.74) is 1.11. The van der Waals surface area contributed by atoms with Gasteiger partial charge in [-0.2, -0.15) is 0 Å². The SMILES string of the molecule is CC(NC(=O)CN1CCCC(C(=O)NC2CCCCC2)C1)c1ccc2ccccc2c1. The quantitative estimate of drug-likeness (QED) is 0.736. The predicted octanol–water partition coefficient (Wildman–Crippen LogP) is 4.18. The maximum atomic E-state index is 12.7. The zero-order chi connectivity index (χ0) is 21.6. The number of carbonyl (C=O) groups is 2. The average molecular weight is 422 g/mol. The van der Waals surface area contributed by atoms with Crippen molar-refractivity contribution in [1.29, 1.82) is 0 Å². The standard InChI is InChI=1S/C26H35N3O2/c1-19(21-14-13-20-8-5-6-9-22(20)16-21)27-25(30)18-29-15-7-10-23(17-29)26(31)28-24-11-3-2-4-12-24/h5-6,8-9,13-14,16,19,23-24H,2-4,7,10-12,15,17-18H2,1H3,(H,27,30)(H,28,31). The fourth-order valence-corrected chi connectivity index (χ4v) is 5.03. The molecule has 166 valence electrons.